The van der Waals surface area contributed by atoms with Crippen LogP contribution in [0.4, 0.5) is 5.82 Å². The third-order valence-corrected chi connectivity index (χ3v) is 3.64. The minimum Gasteiger partial charge on any atom is -0.496 e. The van der Waals surface area contributed by atoms with Gasteiger partial charge >= 0.3 is 0 Å². The zero-order valence-electron chi connectivity index (χ0n) is 14.7. The van der Waals surface area contributed by atoms with Gasteiger partial charge in [-0.05, 0) is 25.5 Å². The highest BCUT2D eigenvalue weighted by atomic mass is 16.5. The summed E-state index contributed by atoms with van der Waals surface area (Å²) in [6, 6.07) is 8.61. The standard InChI is InChI=1S/C18H23N3O4/c1-4-5-10-21(12-17(22)19-16-11-13(2)25-20-16)18(23)14-8-6-7-9-15(14)24-3/h6-9,11H,4-5,10,12H2,1-3H3,(H,19,20,22). The number of nitrogens with zero attached hydrogens (tertiary/aromatic N) is 2. The predicted octanol–water partition coefficient (Wildman–Crippen LogP) is 2.87. The molecule has 0 aliphatic carbocycles. The number of methoxy groups -OCH3 is 1. The Hall–Kier alpha value is -2.83. The largest absolute Gasteiger partial charge is 0.496 e. The van der Waals surface area contributed by atoms with Crippen molar-refractivity contribution in [3.8, 4) is 5.75 Å². The number of anilines is 1. The van der Waals surface area contributed by atoms with Crippen LogP contribution in [0.5, 0.6) is 5.75 Å². The monoisotopic (exact) mass is 345 g/mol. The number of aryl methyl sites for hydroxylation is 1. The van der Waals surface area contributed by atoms with Gasteiger partial charge in [0.15, 0.2) is 5.82 Å². The Balaban J connectivity index is 2.11. The fourth-order valence-electron chi connectivity index (χ4n) is 2.37. The SMILES string of the molecule is CCCCN(CC(=O)Nc1cc(C)on1)C(=O)c1ccccc1OC. The van der Waals surface area contributed by atoms with Crippen molar-refractivity contribution in [3.05, 3.63) is 41.7 Å². The quantitative estimate of drug-likeness (QED) is 0.795. The lowest BCUT2D eigenvalue weighted by atomic mass is 10.1. The molecule has 0 radical (unpaired) electrons. The van der Waals surface area contributed by atoms with E-state index in [0.29, 0.717) is 29.4 Å². The van der Waals surface area contributed by atoms with Crippen LogP contribution in [0.25, 0.3) is 0 Å². The molecule has 0 aliphatic heterocycles. The molecule has 1 heterocycles. The second kappa shape index (κ2) is 8.86. The molecule has 7 nitrogen and oxygen atoms in total. The van der Waals surface area contributed by atoms with Crippen LogP contribution in [-0.2, 0) is 4.79 Å². The lowest BCUT2D eigenvalue weighted by Crippen LogP contribution is -2.38. The average Bonchev–Trinajstić information content (AvgIpc) is 3.02. The van der Waals surface area contributed by atoms with Crippen molar-refractivity contribution in [1.29, 1.82) is 0 Å². The lowest BCUT2D eigenvalue weighted by molar-refractivity contribution is -0.117. The van der Waals surface area contributed by atoms with Gasteiger partial charge < -0.3 is 19.5 Å². The summed E-state index contributed by atoms with van der Waals surface area (Å²) in [6.07, 6.45) is 1.72. The first-order valence-electron chi connectivity index (χ1n) is 8.20. The van der Waals surface area contributed by atoms with Gasteiger partial charge in [0.05, 0.1) is 12.7 Å². The van der Waals surface area contributed by atoms with E-state index in [1.54, 1.807) is 37.3 Å². The molecule has 0 fully saturated rings. The van der Waals surface area contributed by atoms with Gasteiger partial charge in [-0.3, -0.25) is 9.59 Å². The van der Waals surface area contributed by atoms with Gasteiger partial charge in [0, 0.05) is 12.6 Å². The molecule has 1 aromatic carbocycles. The number of para-hydroxylation sites is 1. The van der Waals surface area contributed by atoms with Gasteiger partial charge in [-0.2, -0.15) is 0 Å². The fourth-order valence-corrected chi connectivity index (χ4v) is 2.37. The summed E-state index contributed by atoms with van der Waals surface area (Å²) in [5.74, 6) is 0.859. The van der Waals surface area contributed by atoms with Crippen molar-refractivity contribution in [3.63, 3.8) is 0 Å². The number of nitrogens with one attached hydrogen (secondary N) is 1. The summed E-state index contributed by atoms with van der Waals surface area (Å²) in [7, 11) is 1.52. The van der Waals surface area contributed by atoms with Crippen LogP contribution in [0.2, 0.25) is 0 Å². The van der Waals surface area contributed by atoms with E-state index >= 15 is 0 Å². The third-order valence-electron chi connectivity index (χ3n) is 3.64. The van der Waals surface area contributed by atoms with Gasteiger partial charge in [-0.25, -0.2) is 0 Å². The molecule has 0 bridgehead atoms. The van der Waals surface area contributed by atoms with Crippen LogP contribution < -0.4 is 10.1 Å². The summed E-state index contributed by atoms with van der Waals surface area (Å²) < 4.78 is 10.2. The van der Waals surface area contributed by atoms with Crippen LogP contribution in [0.15, 0.2) is 34.9 Å². The molecular formula is C18H23N3O4. The molecular weight excluding hydrogens is 322 g/mol. The van der Waals surface area contributed by atoms with Crippen molar-refractivity contribution in [1.82, 2.24) is 10.1 Å². The van der Waals surface area contributed by atoms with E-state index in [0.717, 1.165) is 12.8 Å². The van der Waals surface area contributed by atoms with Gasteiger partial charge in [0.25, 0.3) is 5.91 Å². The molecule has 0 spiro atoms. The summed E-state index contributed by atoms with van der Waals surface area (Å²) in [4.78, 5) is 26.6. The summed E-state index contributed by atoms with van der Waals surface area (Å²) >= 11 is 0. The Bertz CT molecular complexity index is 727. The van der Waals surface area contributed by atoms with Crippen LogP contribution >= 0.6 is 0 Å². The molecule has 0 saturated carbocycles. The second-order valence-corrected chi connectivity index (χ2v) is 5.65. The highest BCUT2D eigenvalue weighted by Gasteiger charge is 2.21. The lowest BCUT2D eigenvalue weighted by Gasteiger charge is -2.22. The number of amides is 2. The maximum Gasteiger partial charge on any atom is 0.258 e. The van der Waals surface area contributed by atoms with Gasteiger partial charge in [0.1, 0.15) is 18.1 Å². The van der Waals surface area contributed by atoms with Crippen LogP contribution in [0.1, 0.15) is 35.9 Å². The van der Waals surface area contributed by atoms with E-state index in [1.807, 2.05) is 6.92 Å². The molecule has 134 valence electrons. The van der Waals surface area contributed by atoms with E-state index in [1.165, 1.54) is 12.0 Å². The average molecular weight is 345 g/mol. The zero-order valence-corrected chi connectivity index (χ0v) is 14.7. The van der Waals surface area contributed by atoms with E-state index in [-0.39, 0.29) is 18.4 Å². The number of hydrogen-bond acceptors (Lipinski definition) is 5. The number of aromatic nitrogens is 1. The van der Waals surface area contributed by atoms with Gasteiger partial charge in [0.2, 0.25) is 5.91 Å². The molecule has 25 heavy (non-hydrogen) atoms. The number of ether oxygens (including phenoxy) is 1. The minimum atomic E-state index is -0.326. The van der Waals surface area contributed by atoms with Crippen LogP contribution in [-0.4, -0.2) is 42.1 Å². The number of unbranched alkanes of at least 4 members (excludes halogenated alkanes) is 1. The Morgan fingerprint density at radius 3 is 2.72 bits per heavy atom. The molecule has 0 aliphatic rings. The van der Waals surface area contributed by atoms with Crippen molar-refractivity contribution in [2.75, 3.05) is 25.5 Å². The first-order valence-corrected chi connectivity index (χ1v) is 8.20. The first kappa shape index (κ1) is 18.5. The molecule has 7 heteroatoms. The summed E-state index contributed by atoms with van der Waals surface area (Å²) in [5.41, 5.74) is 0.436. The van der Waals surface area contributed by atoms with Crippen LogP contribution in [0.3, 0.4) is 0 Å². The molecule has 0 atom stereocenters. The predicted molar refractivity (Wildman–Crippen MR) is 93.7 cm³/mol. The Labute approximate surface area is 146 Å². The minimum absolute atomic E-state index is 0.0667. The topological polar surface area (TPSA) is 84.7 Å². The van der Waals surface area contributed by atoms with Crippen molar-refractivity contribution in [2.45, 2.75) is 26.7 Å². The van der Waals surface area contributed by atoms with E-state index < -0.39 is 0 Å². The number of carbonyl (C=O) groups excluding carboxylic acids is 2. The maximum atomic E-state index is 12.9. The third kappa shape index (κ3) is 5.07. The van der Waals surface area contributed by atoms with Gasteiger partial charge in [-0.1, -0.05) is 30.6 Å². The number of carbonyl (C=O) groups is 2. The van der Waals surface area contributed by atoms with Crippen molar-refractivity contribution < 1.29 is 18.8 Å². The Kier molecular flexibility index (Phi) is 6.56. The normalized spacial score (nSPS) is 10.4. The van der Waals surface area contributed by atoms with E-state index in [4.69, 9.17) is 9.26 Å². The van der Waals surface area contributed by atoms with Crippen LogP contribution in [0, 0.1) is 6.92 Å². The number of hydrogen-bond donors (Lipinski definition) is 1. The zero-order chi connectivity index (χ0) is 18.2. The number of rotatable bonds is 8. The maximum absolute atomic E-state index is 12.9. The van der Waals surface area contributed by atoms with Crippen molar-refractivity contribution >= 4 is 17.6 Å². The molecule has 1 N–H and O–H groups in total. The molecule has 1 aromatic heterocycles. The number of benzene rings is 1. The second-order valence-electron chi connectivity index (χ2n) is 5.65. The van der Waals surface area contributed by atoms with Gasteiger partial charge in [-0.15, -0.1) is 0 Å². The Morgan fingerprint density at radius 1 is 1.32 bits per heavy atom. The molecule has 0 saturated heterocycles. The van der Waals surface area contributed by atoms with E-state index in [2.05, 4.69) is 10.5 Å². The smallest absolute Gasteiger partial charge is 0.258 e. The highest BCUT2D eigenvalue weighted by molar-refractivity contribution is 6.00. The molecule has 2 amide bonds. The summed E-state index contributed by atoms with van der Waals surface area (Å²) in [5, 5.41) is 6.36. The molecule has 0 unspecified atom stereocenters. The summed E-state index contributed by atoms with van der Waals surface area (Å²) in [6.45, 7) is 4.19. The molecule has 2 aromatic rings. The fraction of sp³-hybridized carbons (Fsp3) is 0.389. The highest BCUT2D eigenvalue weighted by Crippen LogP contribution is 2.19. The van der Waals surface area contributed by atoms with E-state index in [9.17, 15) is 9.59 Å². The Morgan fingerprint density at radius 2 is 2.08 bits per heavy atom. The van der Waals surface area contributed by atoms with Crippen molar-refractivity contribution in [2.24, 2.45) is 0 Å². The first-order chi connectivity index (χ1) is 12.0. The molecule has 2 rings (SSSR count).